The number of unbranched alkanes of at least 4 members (excludes halogenated alkanes) is 8. The second-order valence-corrected chi connectivity index (χ2v) is 5.71. The van der Waals surface area contributed by atoms with Crippen LogP contribution in [-0.2, 0) is 0 Å². The Bertz CT molecular complexity index is 155. The van der Waals surface area contributed by atoms with Crippen LogP contribution in [0.25, 0.3) is 0 Å². The van der Waals surface area contributed by atoms with Gasteiger partial charge in [-0.2, -0.15) is 0 Å². The van der Waals surface area contributed by atoms with Crippen LogP contribution < -0.4 is 0 Å². The van der Waals surface area contributed by atoms with Crippen molar-refractivity contribution in [1.82, 2.24) is 0 Å². The molecule has 0 aromatic heterocycles. The maximum Gasteiger partial charge on any atom is -0.0351 e. The maximum atomic E-state index is 2.40. The molecule has 0 aliphatic heterocycles. The lowest BCUT2D eigenvalue weighted by molar-refractivity contribution is 0.540. The largest absolute Gasteiger partial charge is 0.0885 e. The van der Waals surface area contributed by atoms with E-state index < -0.39 is 0 Å². The summed E-state index contributed by atoms with van der Waals surface area (Å²) in [5, 5.41) is 0. The summed E-state index contributed by atoms with van der Waals surface area (Å²) in [5.41, 5.74) is 0. The first kappa shape index (κ1) is 16.7. The van der Waals surface area contributed by atoms with Crippen LogP contribution in [-0.4, -0.2) is 0 Å². The molecular weight excluding hydrogens is 204 g/mol. The van der Waals surface area contributed by atoms with Crippen molar-refractivity contribution < 1.29 is 0 Å². The SMILES string of the molecule is CCCCCCCC/C=C\CCCCC(C)C. The van der Waals surface area contributed by atoms with Crippen LogP contribution in [0.1, 0.15) is 91.4 Å². The third-order valence-electron chi connectivity index (χ3n) is 3.29. The topological polar surface area (TPSA) is 0 Å². The van der Waals surface area contributed by atoms with E-state index in [1.807, 2.05) is 0 Å². The molecule has 0 nitrogen and oxygen atoms in total. The van der Waals surface area contributed by atoms with Gasteiger partial charge in [0.25, 0.3) is 0 Å². The van der Waals surface area contributed by atoms with Crippen LogP contribution in [0.15, 0.2) is 12.2 Å². The minimum absolute atomic E-state index is 0.877. The molecular formula is C17H34. The second-order valence-electron chi connectivity index (χ2n) is 5.71. The molecule has 0 saturated heterocycles. The van der Waals surface area contributed by atoms with E-state index in [1.165, 1.54) is 70.6 Å². The minimum Gasteiger partial charge on any atom is -0.0885 e. The van der Waals surface area contributed by atoms with Crippen LogP contribution in [0.5, 0.6) is 0 Å². The Morgan fingerprint density at radius 3 is 1.82 bits per heavy atom. The number of hydrogen-bond acceptors (Lipinski definition) is 0. The third kappa shape index (κ3) is 15.7. The highest BCUT2D eigenvalue weighted by Crippen LogP contribution is 2.10. The molecule has 0 amide bonds. The summed E-state index contributed by atoms with van der Waals surface area (Å²) in [6, 6.07) is 0. The van der Waals surface area contributed by atoms with Crippen molar-refractivity contribution in [3.63, 3.8) is 0 Å². The molecule has 17 heavy (non-hydrogen) atoms. The lowest BCUT2D eigenvalue weighted by Crippen LogP contribution is -1.85. The number of allylic oxidation sites excluding steroid dienone is 2. The molecule has 0 aliphatic carbocycles. The Kier molecular flexibility index (Phi) is 13.6. The van der Waals surface area contributed by atoms with Gasteiger partial charge in [0.05, 0.1) is 0 Å². The first-order valence-electron chi connectivity index (χ1n) is 7.92. The summed E-state index contributed by atoms with van der Waals surface area (Å²) in [5.74, 6) is 0.877. The van der Waals surface area contributed by atoms with Gasteiger partial charge in [-0.25, -0.2) is 0 Å². The lowest BCUT2D eigenvalue weighted by Gasteiger charge is -2.01. The Hall–Kier alpha value is -0.260. The van der Waals surface area contributed by atoms with Gasteiger partial charge in [0.2, 0.25) is 0 Å². The highest BCUT2D eigenvalue weighted by molar-refractivity contribution is 4.81. The van der Waals surface area contributed by atoms with Gasteiger partial charge in [-0.05, 0) is 31.6 Å². The molecule has 0 radical (unpaired) electrons. The first-order valence-corrected chi connectivity index (χ1v) is 7.92. The lowest BCUT2D eigenvalue weighted by atomic mass is 10.0. The maximum absolute atomic E-state index is 2.40. The standard InChI is InChI=1S/C17H34/c1-4-5-6-7-8-9-10-11-12-13-14-15-16-17(2)3/h11-12,17H,4-10,13-16H2,1-3H3/b12-11-. The molecule has 0 spiro atoms. The predicted octanol–water partition coefficient (Wildman–Crippen LogP) is 6.51. The van der Waals surface area contributed by atoms with Gasteiger partial charge < -0.3 is 0 Å². The molecule has 102 valence electrons. The predicted molar refractivity (Wildman–Crippen MR) is 80.4 cm³/mol. The van der Waals surface area contributed by atoms with Crippen molar-refractivity contribution in [2.75, 3.05) is 0 Å². The fourth-order valence-corrected chi connectivity index (χ4v) is 2.09. The highest BCUT2D eigenvalue weighted by Gasteiger charge is 1.92. The van der Waals surface area contributed by atoms with Gasteiger partial charge in [-0.1, -0.05) is 77.9 Å². The minimum atomic E-state index is 0.877. The van der Waals surface area contributed by atoms with Crippen molar-refractivity contribution in [2.45, 2.75) is 91.4 Å². The Labute approximate surface area is 110 Å². The Morgan fingerprint density at radius 1 is 0.706 bits per heavy atom. The molecule has 0 bridgehead atoms. The smallest absolute Gasteiger partial charge is 0.0351 e. The van der Waals surface area contributed by atoms with Crippen molar-refractivity contribution in [3.8, 4) is 0 Å². The summed E-state index contributed by atoms with van der Waals surface area (Å²) < 4.78 is 0. The van der Waals surface area contributed by atoms with Gasteiger partial charge in [-0.3, -0.25) is 0 Å². The second kappa shape index (κ2) is 13.8. The molecule has 0 atom stereocenters. The molecule has 0 saturated carbocycles. The van der Waals surface area contributed by atoms with E-state index in [9.17, 15) is 0 Å². The van der Waals surface area contributed by atoms with Gasteiger partial charge in [0, 0.05) is 0 Å². The fourth-order valence-electron chi connectivity index (χ4n) is 2.09. The zero-order chi connectivity index (χ0) is 12.8. The van der Waals surface area contributed by atoms with Gasteiger partial charge in [0.1, 0.15) is 0 Å². The van der Waals surface area contributed by atoms with Crippen molar-refractivity contribution in [3.05, 3.63) is 12.2 Å². The van der Waals surface area contributed by atoms with Crippen LogP contribution in [0.3, 0.4) is 0 Å². The van der Waals surface area contributed by atoms with Crippen LogP contribution in [0, 0.1) is 5.92 Å². The fraction of sp³-hybridized carbons (Fsp3) is 0.882. The van der Waals surface area contributed by atoms with E-state index in [0.29, 0.717) is 0 Å². The normalized spacial score (nSPS) is 11.8. The first-order chi connectivity index (χ1) is 8.27. The van der Waals surface area contributed by atoms with E-state index in [2.05, 4.69) is 32.9 Å². The van der Waals surface area contributed by atoms with Crippen molar-refractivity contribution >= 4 is 0 Å². The van der Waals surface area contributed by atoms with E-state index in [0.717, 1.165) is 5.92 Å². The van der Waals surface area contributed by atoms with Gasteiger partial charge in [-0.15, -0.1) is 0 Å². The van der Waals surface area contributed by atoms with E-state index in [1.54, 1.807) is 0 Å². The highest BCUT2D eigenvalue weighted by atomic mass is 14.0. The molecule has 0 aliphatic rings. The van der Waals surface area contributed by atoms with Crippen molar-refractivity contribution in [1.29, 1.82) is 0 Å². The molecule has 0 heteroatoms. The van der Waals surface area contributed by atoms with Gasteiger partial charge in [0.15, 0.2) is 0 Å². The summed E-state index contributed by atoms with van der Waals surface area (Å²) in [6.45, 7) is 6.91. The number of hydrogen-bond donors (Lipinski definition) is 0. The van der Waals surface area contributed by atoms with E-state index in [4.69, 9.17) is 0 Å². The van der Waals surface area contributed by atoms with Gasteiger partial charge >= 0.3 is 0 Å². The summed E-state index contributed by atoms with van der Waals surface area (Å²) >= 11 is 0. The molecule has 0 heterocycles. The van der Waals surface area contributed by atoms with Crippen LogP contribution in [0.4, 0.5) is 0 Å². The Morgan fingerprint density at radius 2 is 1.24 bits per heavy atom. The summed E-state index contributed by atoms with van der Waals surface area (Å²) in [4.78, 5) is 0. The molecule has 0 aromatic rings. The van der Waals surface area contributed by atoms with Crippen molar-refractivity contribution in [2.24, 2.45) is 5.92 Å². The molecule has 0 aromatic carbocycles. The summed E-state index contributed by atoms with van der Waals surface area (Å²) in [7, 11) is 0. The van der Waals surface area contributed by atoms with E-state index in [-0.39, 0.29) is 0 Å². The average molecular weight is 238 g/mol. The molecule has 0 unspecified atom stereocenters. The summed E-state index contributed by atoms with van der Waals surface area (Å²) in [6.07, 6.45) is 20.0. The third-order valence-corrected chi connectivity index (χ3v) is 3.29. The van der Waals surface area contributed by atoms with Crippen LogP contribution >= 0.6 is 0 Å². The number of rotatable bonds is 12. The Balaban J connectivity index is 3.04. The molecule has 0 N–H and O–H groups in total. The van der Waals surface area contributed by atoms with Crippen LogP contribution in [0.2, 0.25) is 0 Å². The zero-order valence-corrected chi connectivity index (χ0v) is 12.5. The molecule has 0 fully saturated rings. The molecule has 0 rings (SSSR count). The average Bonchev–Trinajstić information content (AvgIpc) is 2.30. The zero-order valence-electron chi connectivity index (χ0n) is 12.5. The van der Waals surface area contributed by atoms with E-state index >= 15 is 0 Å². The quantitative estimate of drug-likeness (QED) is 0.268. The monoisotopic (exact) mass is 238 g/mol.